The number of thioether (sulfide) groups is 1. The van der Waals surface area contributed by atoms with Gasteiger partial charge in [-0.2, -0.15) is 0 Å². The van der Waals surface area contributed by atoms with Crippen LogP contribution < -0.4 is 4.90 Å². The first-order valence-electron chi connectivity index (χ1n) is 9.60. The van der Waals surface area contributed by atoms with E-state index in [-0.39, 0.29) is 35.3 Å². The lowest BCUT2D eigenvalue weighted by atomic mass is 10.2. The molecule has 4 rings (SSSR count). The third-order valence-corrected chi connectivity index (χ3v) is 7.79. The van der Waals surface area contributed by atoms with Crippen molar-refractivity contribution in [3.8, 4) is 0 Å². The fourth-order valence-corrected chi connectivity index (χ4v) is 6.16. The number of benzene rings is 1. The lowest BCUT2D eigenvalue weighted by molar-refractivity contribution is -0.116. The van der Waals surface area contributed by atoms with E-state index in [4.69, 9.17) is 4.74 Å². The van der Waals surface area contributed by atoms with Gasteiger partial charge in [0.1, 0.15) is 0 Å². The number of ether oxygens (including phenoxy) is 1. The van der Waals surface area contributed by atoms with Crippen molar-refractivity contribution in [2.45, 2.75) is 43.1 Å². The molecule has 2 unspecified atom stereocenters. The van der Waals surface area contributed by atoms with E-state index in [1.807, 2.05) is 30.3 Å². The molecule has 0 radical (unpaired) electrons. The van der Waals surface area contributed by atoms with E-state index in [0.29, 0.717) is 23.8 Å². The van der Waals surface area contributed by atoms with Crippen molar-refractivity contribution in [1.82, 2.24) is 20.2 Å². The van der Waals surface area contributed by atoms with Crippen LogP contribution in [0.5, 0.6) is 0 Å². The number of hydrogen-bond donors (Lipinski definition) is 0. The number of tetrazole rings is 1. The monoisotopic (exact) mass is 437 g/mol. The van der Waals surface area contributed by atoms with Crippen LogP contribution in [0.3, 0.4) is 0 Å². The largest absolute Gasteiger partial charge is 0.376 e. The Balaban J connectivity index is 1.46. The van der Waals surface area contributed by atoms with Crippen molar-refractivity contribution >= 4 is 33.2 Å². The predicted octanol–water partition coefficient (Wildman–Crippen LogP) is 1.16. The maximum atomic E-state index is 13.1. The molecule has 3 heterocycles. The van der Waals surface area contributed by atoms with E-state index < -0.39 is 9.84 Å². The van der Waals surface area contributed by atoms with Gasteiger partial charge in [-0.15, -0.1) is 5.10 Å². The highest BCUT2D eigenvalue weighted by Gasteiger charge is 2.35. The number of hydrogen-bond acceptors (Lipinski definition) is 8. The second kappa shape index (κ2) is 8.80. The highest BCUT2D eigenvalue weighted by Crippen LogP contribution is 2.26. The van der Waals surface area contributed by atoms with Crippen molar-refractivity contribution < 1.29 is 17.9 Å². The Morgan fingerprint density at radius 3 is 2.79 bits per heavy atom. The van der Waals surface area contributed by atoms with Crippen LogP contribution in [-0.4, -0.2) is 70.5 Å². The Morgan fingerprint density at radius 2 is 2.10 bits per heavy atom. The Morgan fingerprint density at radius 1 is 1.28 bits per heavy atom. The molecule has 0 bridgehead atoms. The zero-order valence-corrected chi connectivity index (χ0v) is 17.5. The number of para-hydroxylation sites is 1. The van der Waals surface area contributed by atoms with Gasteiger partial charge in [0.05, 0.1) is 35.9 Å². The van der Waals surface area contributed by atoms with Gasteiger partial charge < -0.3 is 9.64 Å². The second-order valence-corrected chi connectivity index (χ2v) is 10.4. The molecule has 0 N–H and O–H groups in total. The van der Waals surface area contributed by atoms with E-state index in [2.05, 4.69) is 15.5 Å². The molecule has 9 nitrogen and oxygen atoms in total. The van der Waals surface area contributed by atoms with Gasteiger partial charge in [0, 0.05) is 12.3 Å². The van der Waals surface area contributed by atoms with E-state index in [1.165, 1.54) is 11.8 Å². The van der Waals surface area contributed by atoms with Gasteiger partial charge >= 0.3 is 0 Å². The van der Waals surface area contributed by atoms with Crippen LogP contribution in [0.25, 0.3) is 0 Å². The molecule has 156 valence electrons. The molecule has 2 fully saturated rings. The zero-order chi connectivity index (χ0) is 20.3. The fraction of sp³-hybridized carbons (Fsp3) is 0.556. The maximum Gasteiger partial charge on any atom is 0.237 e. The molecule has 0 spiro atoms. The molecule has 2 aliphatic heterocycles. The Bertz CT molecular complexity index is 944. The molecule has 2 aliphatic rings. The molecular weight excluding hydrogens is 414 g/mol. The number of aromatic nitrogens is 4. The van der Waals surface area contributed by atoms with Gasteiger partial charge in [-0.1, -0.05) is 30.0 Å². The summed E-state index contributed by atoms with van der Waals surface area (Å²) in [5.74, 6) is 0.0722. The predicted molar refractivity (Wildman–Crippen MR) is 109 cm³/mol. The number of nitrogens with zero attached hydrogens (tertiary/aromatic N) is 5. The average molecular weight is 438 g/mol. The summed E-state index contributed by atoms with van der Waals surface area (Å²) in [6.07, 6.45) is 2.55. The van der Waals surface area contributed by atoms with Gasteiger partial charge in [-0.25, -0.2) is 13.1 Å². The van der Waals surface area contributed by atoms with Gasteiger partial charge in [-0.3, -0.25) is 4.79 Å². The third kappa shape index (κ3) is 4.96. The topological polar surface area (TPSA) is 107 Å². The van der Waals surface area contributed by atoms with Crippen LogP contribution in [0.1, 0.15) is 19.3 Å². The molecule has 0 saturated carbocycles. The number of anilines is 1. The summed E-state index contributed by atoms with van der Waals surface area (Å²) in [6.45, 7) is 1.32. The van der Waals surface area contributed by atoms with Crippen LogP contribution in [-0.2, 0) is 25.9 Å². The second-order valence-electron chi connectivity index (χ2n) is 7.22. The summed E-state index contributed by atoms with van der Waals surface area (Å²) in [6, 6.07) is 8.86. The lowest BCUT2D eigenvalue weighted by Crippen LogP contribution is -2.42. The minimum Gasteiger partial charge on any atom is -0.376 e. The Labute approximate surface area is 173 Å². The van der Waals surface area contributed by atoms with Crippen LogP contribution in [0, 0.1) is 0 Å². The maximum absolute atomic E-state index is 13.1. The van der Waals surface area contributed by atoms with E-state index >= 15 is 0 Å². The van der Waals surface area contributed by atoms with Crippen LogP contribution >= 0.6 is 11.8 Å². The van der Waals surface area contributed by atoms with Crippen molar-refractivity contribution in [1.29, 1.82) is 0 Å². The molecule has 11 heteroatoms. The number of carbonyl (C=O) groups excluding carboxylic acids is 1. The molecule has 1 amide bonds. The summed E-state index contributed by atoms with van der Waals surface area (Å²) >= 11 is 1.26. The highest BCUT2D eigenvalue weighted by atomic mass is 32.2. The number of sulfone groups is 1. The summed E-state index contributed by atoms with van der Waals surface area (Å²) in [5.41, 5.74) is 0.708. The van der Waals surface area contributed by atoms with Gasteiger partial charge in [0.2, 0.25) is 11.1 Å². The highest BCUT2D eigenvalue weighted by molar-refractivity contribution is 7.99. The van der Waals surface area contributed by atoms with Crippen molar-refractivity contribution in [3.05, 3.63) is 30.3 Å². The van der Waals surface area contributed by atoms with E-state index in [1.54, 1.807) is 9.58 Å². The van der Waals surface area contributed by atoms with Crippen LogP contribution in [0.2, 0.25) is 0 Å². The summed E-state index contributed by atoms with van der Waals surface area (Å²) in [7, 11) is -3.11. The summed E-state index contributed by atoms with van der Waals surface area (Å²) in [5, 5.41) is 12.3. The lowest BCUT2D eigenvalue weighted by Gasteiger charge is -2.28. The number of carbonyl (C=O) groups is 1. The minimum absolute atomic E-state index is 0.00490. The van der Waals surface area contributed by atoms with Gasteiger partial charge in [0.25, 0.3) is 0 Å². The normalized spacial score (nSPS) is 23.3. The van der Waals surface area contributed by atoms with Crippen LogP contribution in [0.15, 0.2) is 35.5 Å². The van der Waals surface area contributed by atoms with Crippen molar-refractivity contribution in [2.75, 3.05) is 28.8 Å². The quantitative estimate of drug-likeness (QED) is 0.594. The molecule has 1 aromatic carbocycles. The first-order chi connectivity index (χ1) is 14.0. The summed E-state index contributed by atoms with van der Waals surface area (Å²) in [4.78, 5) is 14.7. The average Bonchev–Trinajstić information content (AvgIpc) is 3.44. The standard InChI is InChI=1S/C18H23N5O4S2/c24-17(12-28-18-19-20-21-22(18)11-16-7-4-9-27-16)23(14-5-2-1-3-6-14)15-8-10-29(25,26)13-15/h1-3,5-6,15-16H,4,7-13H2. The van der Waals surface area contributed by atoms with Gasteiger partial charge in [-0.05, 0) is 41.8 Å². The molecule has 0 aliphatic carbocycles. The molecule has 29 heavy (non-hydrogen) atoms. The van der Waals surface area contributed by atoms with Crippen molar-refractivity contribution in [2.24, 2.45) is 0 Å². The van der Waals surface area contributed by atoms with Crippen LogP contribution in [0.4, 0.5) is 5.69 Å². The van der Waals surface area contributed by atoms with E-state index in [9.17, 15) is 13.2 Å². The van der Waals surface area contributed by atoms with Gasteiger partial charge in [0.15, 0.2) is 9.84 Å². The fourth-order valence-electron chi connectivity index (χ4n) is 3.72. The molecule has 2 aromatic rings. The molecule has 2 atom stereocenters. The Kier molecular flexibility index (Phi) is 6.16. The number of rotatable bonds is 7. The number of amides is 1. The zero-order valence-electron chi connectivity index (χ0n) is 15.9. The molecule has 1 aromatic heterocycles. The minimum atomic E-state index is -3.11. The Hall–Kier alpha value is -1.98. The van der Waals surface area contributed by atoms with E-state index in [0.717, 1.165) is 19.4 Å². The first kappa shape index (κ1) is 20.3. The summed E-state index contributed by atoms with van der Waals surface area (Å²) < 4.78 is 31.2. The van der Waals surface area contributed by atoms with Crippen molar-refractivity contribution in [3.63, 3.8) is 0 Å². The smallest absolute Gasteiger partial charge is 0.237 e. The SMILES string of the molecule is O=C(CSc1nnnn1CC1CCCO1)N(c1ccccc1)C1CCS(=O)(=O)C1. The first-order valence-corrected chi connectivity index (χ1v) is 12.4. The third-order valence-electron chi connectivity index (χ3n) is 5.10. The molecule has 2 saturated heterocycles. The molecular formula is C18H23N5O4S2.